The molecule has 1 saturated heterocycles. The SMILES string of the molecule is CNCC1CCCN1S(=O)(=O)c1c(F)cccc1F.Cl. The number of sulfonamides is 1. The zero-order valence-corrected chi connectivity index (χ0v) is 12.6. The number of benzene rings is 1. The van der Waals surface area contributed by atoms with E-state index < -0.39 is 26.6 Å². The van der Waals surface area contributed by atoms with Crippen LogP contribution in [-0.4, -0.2) is 38.9 Å². The van der Waals surface area contributed by atoms with E-state index in [1.54, 1.807) is 7.05 Å². The highest BCUT2D eigenvalue weighted by Gasteiger charge is 2.37. The van der Waals surface area contributed by atoms with Crippen molar-refractivity contribution in [3.8, 4) is 0 Å². The third kappa shape index (κ3) is 3.11. The zero-order chi connectivity index (χ0) is 14.0. The first kappa shape index (κ1) is 17.3. The molecule has 1 aromatic carbocycles. The lowest BCUT2D eigenvalue weighted by Gasteiger charge is -2.24. The summed E-state index contributed by atoms with van der Waals surface area (Å²) in [6, 6.07) is 2.81. The van der Waals surface area contributed by atoms with Gasteiger partial charge in [0.1, 0.15) is 11.6 Å². The van der Waals surface area contributed by atoms with Crippen LogP contribution in [0, 0.1) is 11.6 Å². The molecule has 0 radical (unpaired) electrons. The molecular formula is C12H17ClF2N2O2S. The van der Waals surface area contributed by atoms with E-state index in [4.69, 9.17) is 0 Å². The van der Waals surface area contributed by atoms with Gasteiger partial charge < -0.3 is 5.32 Å². The van der Waals surface area contributed by atoms with Crippen LogP contribution in [-0.2, 0) is 10.0 Å². The molecule has 114 valence electrons. The van der Waals surface area contributed by atoms with E-state index in [1.165, 1.54) is 4.31 Å². The maximum Gasteiger partial charge on any atom is 0.249 e. The van der Waals surface area contributed by atoms with Gasteiger partial charge in [0.15, 0.2) is 4.90 Å². The second-order valence-electron chi connectivity index (χ2n) is 4.52. The van der Waals surface area contributed by atoms with Gasteiger partial charge in [0.25, 0.3) is 0 Å². The average Bonchev–Trinajstić information content (AvgIpc) is 2.78. The van der Waals surface area contributed by atoms with Crippen molar-refractivity contribution in [3.63, 3.8) is 0 Å². The molecule has 8 heteroatoms. The molecule has 0 bridgehead atoms. The predicted octanol–water partition coefficient (Wildman–Crippen LogP) is 1.76. The van der Waals surface area contributed by atoms with Gasteiger partial charge in [-0.15, -0.1) is 12.4 Å². The number of hydrogen-bond acceptors (Lipinski definition) is 3. The second-order valence-corrected chi connectivity index (χ2v) is 6.35. The quantitative estimate of drug-likeness (QED) is 0.917. The summed E-state index contributed by atoms with van der Waals surface area (Å²) < 4.78 is 53.2. The molecule has 2 rings (SSSR count). The van der Waals surface area contributed by atoms with Crippen LogP contribution >= 0.6 is 12.4 Å². The van der Waals surface area contributed by atoms with E-state index in [1.807, 2.05) is 0 Å². The van der Waals surface area contributed by atoms with E-state index >= 15 is 0 Å². The lowest BCUT2D eigenvalue weighted by molar-refractivity contribution is 0.373. The van der Waals surface area contributed by atoms with Gasteiger partial charge in [0.2, 0.25) is 10.0 Å². The van der Waals surface area contributed by atoms with Crippen molar-refractivity contribution in [1.82, 2.24) is 9.62 Å². The maximum absolute atomic E-state index is 13.7. The molecule has 0 aromatic heterocycles. The van der Waals surface area contributed by atoms with Crippen LogP contribution in [0.15, 0.2) is 23.1 Å². The average molecular weight is 327 g/mol. The smallest absolute Gasteiger partial charge is 0.249 e. The molecule has 0 amide bonds. The summed E-state index contributed by atoms with van der Waals surface area (Å²) in [5.74, 6) is -2.09. The van der Waals surface area contributed by atoms with Gasteiger partial charge in [-0.1, -0.05) is 6.07 Å². The van der Waals surface area contributed by atoms with Crippen LogP contribution < -0.4 is 5.32 Å². The van der Waals surface area contributed by atoms with Crippen LogP contribution in [0.4, 0.5) is 8.78 Å². The minimum atomic E-state index is -4.13. The number of nitrogens with zero attached hydrogens (tertiary/aromatic N) is 1. The molecule has 1 aliphatic heterocycles. The molecule has 1 heterocycles. The Morgan fingerprint density at radius 2 is 1.95 bits per heavy atom. The summed E-state index contributed by atoms with van der Waals surface area (Å²) in [5, 5.41) is 2.90. The van der Waals surface area contributed by atoms with E-state index in [-0.39, 0.29) is 18.4 Å². The van der Waals surface area contributed by atoms with E-state index in [9.17, 15) is 17.2 Å². The minimum absolute atomic E-state index is 0. The van der Waals surface area contributed by atoms with Crippen LogP contribution in [0.2, 0.25) is 0 Å². The fourth-order valence-electron chi connectivity index (χ4n) is 2.41. The molecule has 0 saturated carbocycles. The molecule has 0 aliphatic carbocycles. The molecule has 1 atom stereocenters. The van der Waals surface area contributed by atoms with E-state index in [2.05, 4.69) is 5.32 Å². The Morgan fingerprint density at radius 3 is 2.50 bits per heavy atom. The number of hydrogen-bond donors (Lipinski definition) is 1. The van der Waals surface area contributed by atoms with Crippen LogP contribution in [0.5, 0.6) is 0 Å². The van der Waals surface area contributed by atoms with Gasteiger partial charge in [-0.2, -0.15) is 4.31 Å². The van der Waals surface area contributed by atoms with Crippen molar-refractivity contribution < 1.29 is 17.2 Å². The van der Waals surface area contributed by atoms with Crippen molar-refractivity contribution in [2.24, 2.45) is 0 Å². The van der Waals surface area contributed by atoms with Gasteiger partial charge in [-0.05, 0) is 32.0 Å². The predicted molar refractivity (Wildman–Crippen MR) is 74.4 cm³/mol. The molecule has 0 spiro atoms. The zero-order valence-electron chi connectivity index (χ0n) is 11.0. The number of likely N-dealkylation sites (N-methyl/N-ethyl adjacent to an activating group) is 1. The molecule has 1 N–H and O–H groups in total. The molecular weight excluding hydrogens is 310 g/mol. The lowest BCUT2D eigenvalue weighted by Crippen LogP contribution is -2.41. The van der Waals surface area contributed by atoms with Gasteiger partial charge in [-0.3, -0.25) is 0 Å². The largest absolute Gasteiger partial charge is 0.318 e. The summed E-state index contributed by atoms with van der Waals surface area (Å²) in [6.45, 7) is 0.762. The Bertz CT molecular complexity index is 548. The Kier molecular flexibility index (Phi) is 5.88. The van der Waals surface area contributed by atoms with E-state index in [0.29, 0.717) is 25.9 Å². The molecule has 1 unspecified atom stereocenters. The summed E-state index contributed by atoms with van der Waals surface area (Å²) in [7, 11) is -2.41. The van der Waals surface area contributed by atoms with Crippen molar-refractivity contribution in [1.29, 1.82) is 0 Å². The van der Waals surface area contributed by atoms with Crippen molar-refractivity contribution in [2.75, 3.05) is 20.1 Å². The van der Waals surface area contributed by atoms with Gasteiger partial charge >= 0.3 is 0 Å². The first-order chi connectivity index (χ1) is 8.98. The van der Waals surface area contributed by atoms with Gasteiger partial charge in [0.05, 0.1) is 0 Å². The van der Waals surface area contributed by atoms with Crippen molar-refractivity contribution >= 4 is 22.4 Å². The molecule has 1 aliphatic rings. The molecule has 1 fully saturated rings. The summed E-state index contributed by atoms with van der Waals surface area (Å²) in [4.78, 5) is -0.849. The monoisotopic (exact) mass is 326 g/mol. The van der Waals surface area contributed by atoms with Crippen molar-refractivity contribution in [3.05, 3.63) is 29.8 Å². The summed E-state index contributed by atoms with van der Waals surface area (Å²) in [5.41, 5.74) is 0. The van der Waals surface area contributed by atoms with Gasteiger partial charge in [-0.25, -0.2) is 17.2 Å². The Morgan fingerprint density at radius 1 is 1.35 bits per heavy atom. The molecule has 4 nitrogen and oxygen atoms in total. The lowest BCUT2D eigenvalue weighted by atomic mass is 10.2. The van der Waals surface area contributed by atoms with Crippen LogP contribution in [0.1, 0.15) is 12.8 Å². The Hall–Kier alpha value is -0.760. The fraction of sp³-hybridized carbons (Fsp3) is 0.500. The number of nitrogens with one attached hydrogen (secondary N) is 1. The van der Waals surface area contributed by atoms with Crippen LogP contribution in [0.25, 0.3) is 0 Å². The maximum atomic E-state index is 13.7. The highest BCUT2D eigenvalue weighted by atomic mass is 35.5. The highest BCUT2D eigenvalue weighted by molar-refractivity contribution is 7.89. The Labute approximate surface area is 123 Å². The van der Waals surface area contributed by atoms with Crippen molar-refractivity contribution in [2.45, 2.75) is 23.8 Å². The number of halogens is 3. The highest BCUT2D eigenvalue weighted by Crippen LogP contribution is 2.28. The molecule has 1 aromatic rings. The van der Waals surface area contributed by atoms with Crippen LogP contribution in [0.3, 0.4) is 0 Å². The first-order valence-electron chi connectivity index (χ1n) is 6.09. The third-order valence-electron chi connectivity index (χ3n) is 3.25. The minimum Gasteiger partial charge on any atom is -0.318 e. The van der Waals surface area contributed by atoms with Gasteiger partial charge in [0, 0.05) is 19.1 Å². The summed E-state index contributed by atoms with van der Waals surface area (Å²) >= 11 is 0. The fourth-order valence-corrected chi connectivity index (χ4v) is 4.22. The number of rotatable bonds is 4. The third-order valence-corrected chi connectivity index (χ3v) is 5.25. The van der Waals surface area contributed by atoms with E-state index in [0.717, 1.165) is 18.2 Å². The normalized spacial score (nSPS) is 19.9. The summed E-state index contributed by atoms with van der Waals surface area (Å²) in [6.07, 6.45) is 1.39. The Balaban J connectivity index is 0.00000200. The topological polar surface area (TPSA) is 49.4 Å². The standard InChI is InChI=1S/C12H16F2N2O2S.ClH/c1-15-8-9-4-3-7-16(9)19(17,18)12-10(13)5-2-6-11(12)14;/h2,5-6,9,15H,3-4,7-8H2,1H3;1H. The first-order valence-corrected chi connectivity index (χ1v) is 7.53. The molecule has 20 heavy (non-hydrogen) atoms. The second kappa shape index (κ2) is 6.80.